The van der Waals surface area contributed by atoms with Crippen LogP contribution in [0.15, 0.2) is 34.7 Å². The van der Waals surface area contributed by atoms with Crippen LogP contribution in [-0.2, 0) is 12.3 Å². The number of hydrogen-bond donors (Lipinski definition) is 1. The molecule has 0 spiro atoms. The van der Waals surface area contributed by atoms with Crippen molar-refractivity contribution in [3.63, 3.8) is 0 Å². The van der Waals surface area contributed by atoms with Crippen LogP contribution in [0.1, 0.15) is 17.1 Å². The first-order valence-electron chi connectivity index (χ1n) is 5.99. The number of hydrogen-bond acceptors (Lipinski definition) is 4. The van der Waals surface area contributed by atoms with Crippen molar-refractivity contribution in [2.75, 3.05) is 5.32 Å². The maximum Gasteiger partial charge on any atom is 0.284 e. The number of thioether (sulfide) groups is 1. The minimum absolute atomic E-state index is 0.134. The van der Waals surface area contributed by atoms with E-state index in [1.807, 2.05) is 6.07 Å². The van der Waals surface area contributed by atoms with Gasteiger partial charge in [0.05, 0.1) is 34.6 Å². The first-order chi connectivity index (χ1) is 10.1. The molecule has 0 unspecified atom stereocenters. The van der Waals surface area contributed by atoms with Crippen LogP contribution in [0.4, 0.5) is 14.5 Å². The summed E-state index contributed by atoms with van der Waals surface area (Å²) in [5.74, 6) is -1.15. The van der Waals surface area contributed by atoms with Gasteiger partial charge >= 0.3 is 0 Å². The van der Waals surface area contributed by atoms with Crippen LogP contribution in [0.2, 0.25) is 5.02 Å². The highest BCUT2D eigenvalue weighted by Gasteiger charge is 2.08. The predicted molar refractivity (Wildman–Crippen MR) is 79.5 cm³/mol. The largest absolute Gasteiger partial charge is 0.463 e. The van der Waals surface area contributed by atoms with Gasteiger partial charge in [-0.1, -0.05) is 23.4 Å². The topological polar surface area (TPSA) is 49.0 Å². The van der Waals surface area contributed by atoms with E-state index < -0.39 is 5.76 Å². The molecule has 1 aromatic carbocycles. The fourth-order valence-electron chi connectivity index (χ4n) is 1.65. The maximum absolute atomic E-state index is 12.1. The molecule has 1 heterocycles. The Morgan fingerprint density at radius 1 is 1.29 bits per heavy atom. The van der Waals surface area contributed by atoms with Crippen LogP contribution >= 0.6 is 23.4 Å². The van der Waals surface area contributed by atoms with Crippen molar-refractivity contribution in [3.05, 3.63) is 52.4 Å². The lowest BCUT2D eigenvalue weighted by atomic mass is 10.2. The number of nitriles is 1. The molecule has 1 N–H and O–H groups in total. The first-order valence-corrected chi connectivity index (χ1v) is 7.42. The first kappa shape index (κ1) is 15.7. The fourth-order valence-corrected chi connectivity index (χ4v) is 2.34. The van der Waals surface area contributed by atoms with E-state index in [1.54, 1.807) is 30.3 Å². The van der Waals surface area contributed by atoms with E-state index in [0.29, 0.717) is 46.1 Å². The van der Waals surface area contributed by atoms with E-state index in [2.05, 4.69) is 5.32 Å². The van der Waals surface area contributed by atoms with Gasteiger partial charge in [-0.2, -0.15) is 14.0 Å². The average molecular weight is 329 g/mol. The second kappa shape index (κ2) is 7.34. The molecule has 0 aliphatic carbocycles. The SMILES string of the molecule is N#Cc1ccc(NCc2ccc(CSC(F)F)o2)c(Cl)c1. The van der Waals surface area contributed by atoms with E-state index in [4.69, 9.17) is 21.3 Å². The van der Waals surface area contributed by atoms with Gasteiger partial charge < -0.3 is 9.73 Å². The molecule has 3 nitrogen and oxygen atoms in total. The van der Waals surface area contributed by atoms with Gasteiger partial charge in [0.25, 0.3) is 5.76 Å². The van der Waals surface area contributed by atoms with E-state index in [-0.39, 0.29) is 5.75 Å². The van der Waals surface area contributed by atoms with Crippen LogP contribution in [0.25, 0.3) is 0 Å². The number of nitrogens with zero attached hydrogens (tertiary/aromatic N) is 1. The molecule has 0 saturated heterocycles. The third kappa shape index (κ3) is 4.66. The molecule has 0 saturated carbocycles. The van der Waals surface area contributed by atoms with Gasteiger partial charge in [-0.3, -0.25) is 0 Å². The quantitative estimate of drug-likeness (QED) is 0.821. The Labute approximate surface area is 129 Å². The summed E-state index contributed by atoms with van der Waals surface area (Å²) in [6, 6.07) is 10.3. The summed E-state index contributed by atoms with van der Waals surface area (Å²) < 4.78 is 29.6. The van der Waals surface area contributed by atoms with Gasteiger partial charge in [-0.15, -0.1) is 0 Å². The number of rotatable bonds is 6. The molecule has 0 atom stereocenters. The molecule has 21 heavy (non-hydrogen) atoms. The molecule has 0 aliphatic heterocycles. The minimum atomic E-state index is -2.41. The van der Waals surface area contributed by atoms with Gasteiger partial charge in [-0.25, -0.2) is 0 Å². The highest BCUT2D eigenvalue weighted by molar-refractivity contribution is 7.98. The lowest BCUT2D eigenvalue weighted by Crippen LogP contribution is -1.98. The molecule has 0 bridgehead atoms. The minimum Gasteiger partial charge on any atom is -0.463 e. The van der Waals surface area contributed by atoms with Crippen LogP contribution < -0.4 is 5.32 Å². The van der Waals surface area contributed by atoms with Crippen molar-refractivity contribution in [3.8, 4) is 6.07 Å². The molecule has 110 valence electrons. The Kier molecular flexibility index (Phi) is 5.48. The maximum atomic E-state index is 12.1. The van der Waals surface area contributed by atoms with Crippen molar-refractivity contribution < 1.29 is 13.2 Å². The molecule has 0 fully saturated rings. The Morgan fingerprint density at radius 2 is 2.05 bits per heavy atom. The van der Waals surface area contributed by atoms with Crippen molar-refractivity contribution in [2.24, 2.45) is 0 Å². The molecule has 2 aromatic rings. The van der Waals surface area contributed by atoms with Gasteiger partial charge in [-0.05, 0) is 30.3 Å². The van der Waals surface area contributed by atoms with E-state index >= 15 is 0 Å². The van der Waals surface area contributed by atoms with Crippen LogP contribution in [0, 0.1) is 11.3 Å². The summed E-state index contributed by atoms with van der Waals surface area (Å²) in [4.78, 5) is 0. The number of anilines is 1. The van der Waals surface area contributed by atoms with Crippen LogP contribution in [0.3, 0.4) is 0 Å². The molecular formula is C14H11ClF2N2OS. The van der Waals surface area contributed by atoms with Gasteiger partial charge in [0.1, 0.15) is 11.5 Å². The molecule has 7 heteroatoms. The summed E-state index contributed by atoms with van der Waals surface area (Å²) in [5, 5.41) is 12.3. The number of halogens is 3. The van der Waals surface area contributed by atoms with Crippen molar-refractivity contribution in [2.45, 2.75) is 18.1 Å². The Morgan fingerprint density at radius 3 is 2.71 bits per heavy atom. The van der Waals surface area contributed by atoms with Crippen molar-refractivity contribution in [1.29, 1.82) is 5.26 Å². The van der Waals surface area contributed by atoms with E-state index in [9.17, 15) is 8.78 Å². The fraction of sp³-hybridized carbons (Fsp3) is 0.214. The highest BCUT2D eigenvalue weighted by atomic mass is 35.5. The summed E-state index contributed by atoms with van der Waals surface area (Å²) in [6.07, 6.45) is 0. The normalized spacial score (nSPS) is 10.6. The van der Waals surface area contributed by atoms with Gasteiger partial charge in [0, 0.05) is 0 Å². The lowest BCUT2D eigenvalue weighted by Gasteiger charge is -2.06. The summed E-state index contributed by atoms with van der Waals surface area (Å²) in [6.45, 7) is 0.380. The molecule has 0 radical (unpaired) electrons. The standard InChI is InChI=1S/C14H11ClF2N2OS/c15-12-5-9(6-18)1-4-13(12)19-7-10-2-3-11(20-10)8-21-14(16)17/h1-5,14,19H,7-8H2. The summed E-state index contributed by atoms with van der Waals surface area (Å²) in [5.41, 5.74) is 1.16. The molecule has 0 amide bonds. The predicted octanol–water partition coefficient (Wildman–Crippen LogP) is 4.87. The van der Waals surface area contributed by atoms with Gasteiger partial charge in [0.15, 0.2) is 0 Å². The number of benzene rings is 1. The Bertz CT molecular complexity index is 655. The van der Waals surface area contributed by atoms with Crippen LogP contribution in [-0.4, -0.2) is 5.76 Å². The second-order valence-corrected chi connectivity index (χ2v) is 5.49. The molecular weight excluding hydrogens is 318 g/mol. The van der Waals surface area contributed by atoms with Crippen LogP contribution in [0.5, 0.6) is 0 Å². The Balaban J connectivity index is 1.93. The number of furan rings is 1. The summed E-state index contributed by atoms with van der Waals surface area (Å²) >= 11 is 6.55. The zero-order valence-corrected chi connectivity index (χ0v) is 12.3. The number of alkyl halides is 2. The second-order valence-electron chi connectivity index (χ2n) is 4.10. The third-order valence-corrected chi connectivity index (χ3v) is 3.64. The van der Waals surface area contributed by atoms with Gasteiger partial charge in [0.2, 0.25) is 0 Å². The smallest absolute Gasteiger partial charge is 0.284 e. The monoisotopic (exact) mass is 328 g/mol. The summed E-state index contributed by atoms with van der Waals surface area (Å²) in [7, 11) is 0. The Hall–Kier alpha value is -1.71. The zero-order chi connectivity index (χ0) is 15.2. The molecule has 0 aliphatic rings. The number of nitrogens with one attached hydrogen (secondary N) is 1. The molecule has 1 aromatic heterocycles. The third-order valence-electron chi connectivity index (χ3n) is 2.62. The van der Waals surface area contributed by atoms with E-state index in [0.717, 1.165) is 0 Å². The lowest BCUT2D eigenvalue weighted by molar-refractivity contribution is 0.251. The highest BCUT2D eigenvalue weighted by Crippen LogP contribution is 2.24. The average Bonchev–Trinajstić information content (AvgIpc) is 2.91. The zero-order valence-electron chi connectivity index (χ0n) is 10.8. The molecule has 2 rings (SSSR count). The van der Waals surface area contributed by atoms with Crippen molar-refractivity contribution in [1.82, 2.24) is 0 Å². The van der Waals surface area contributed by atoms with Crippen molar-refractivity contribution >= 4 is 29.1 Å². The van der Waals surface area contributed by atoms with E-state index in [1.165, 1.54) is 0 Å².